The quantitative estimate of drug-likeness (QED) is 0.861. The van der Waals surface area contributed by atoms with Crippen molar-refractivity contribution in [1.29, 1.82) is 0 Å². The average molecular weight is 306 g/mol. The minimum absolute atomic E-state index is 0.0607. The maximum Gasteiger partial charge on any atom is 0.265 e. The number of ether oxygens (including phenoxy) is 1. The van der Waals surface area contributed by atoms with Crippen LogP contribution >= 0.6 is 0 Å². The first-order valence-corrected chi connectivity index (χ1v) is 7.31. The molecule has 1 aliphatic rings. The van der Waals surface area contributed by atoms with Crippen molar-refractivity contribution in [2.45, 2.75) is 33.1 Å². The van der Waals surface area contributed by atoms with Gasteiger partial charge < -0.3 is 4.74 Å². The summed E-state index contributed by atoms with van der Waals surface area (Å²) in [4.78, 5) is 30.2. The number of hydrogen-bond acceptors (Lipinski definition) is 4. The SMILES string of the molecule is CCONC(=O)CN1C(=O)COc2ccc(C(C)(C)C)cc21. The van der Waals surface area contributed by atoms with E-state index in [-0.39, 0.29) is 30.4 Å². The van der Waals surface area contributed by atoms with E-state index in [0.29, 0.717) is 18.0 Å². The van der Waals surface area contributed by atoms with Crippen LogP contribution in [0.3, 0.4) is 0 Å². The van der Waals surface area contributed by atoms with Gasteiger partial charge in [-0.3, -0.25) is 19.3 Å². The van der Waals surface area contributed by atoms with Gasteiger partial charge in [-0.25, -0.2) is 5.48 Å². The molecular formula is C16H22N2O4. The van der Waals surface area contributed by atoms with Crippen LogP contribution in [0.25, 0.3) is 0 Å². The van der Waals surface area contributed by atoms with Crippen LogP contribution in [-0.2, 0) is 19.8 Å². The third-order valence-electron chi connectivity index (χ3n) is 3.40. The third-order valence-corrected chi connectivity index (χ3v) is 3.40. The zero-order chi connectivity index (χ0) is 16.3. The summed E-state index contributed by atoms with van der Waals surface area (Å²) in [7, 11) is 0. The van der Waals surface area contributed by atoms with Gasteiger partial charge >= 0.3 is 0 Å². The molecule has 0 spiro atoms. The van der Waals surface area contributed by atoms with Crippen molar-refractivity contribution in [3.8, 4) is 5.75 Å². The Labute approximate surface area is 130 Å². The number of carbonyl (C=O) groups is 2. The molecular weight excluding hydrogens is 284 g/mol. The van der Waals surface area contributed by atoms with Crippen LogP contribution in [0.1, 0.15) is 33.3 Å². The van der Waals surface area contributed by atoms with Gasteiger partial charge in [0.15, 0.2) is 6.61 Å². The molecule has 0 saturated heterocycles. The van der Waals surface area contributed by atoms with Crippen LogP contribution in [0, 0.1) is 0 Å². The standard InChI is InChI=1S/C16H22N2O4/c1-5-22-17-14(19)9-18-12-8-11(16(2,3)4)6-7-13(12)21-10-15(18)20/h6-8H,5,9-10H2,1-4H3,(H,17,19). The van der Waals surface area contributed by atoms with Gasteiger partial charge in [-0.1, -0.05) is 26.8 Å². The Morgan fingerprint density at radius 2 is 2.14 bits per heavy atom. The Bertz CT molecular complexity index is 578. The molecule has 0 fully saturated rings. The molecule has 6 nitrogen and oxygen atoms in total. The molecule has 0 saturated carbocycles. The second-order valence-electron chi connectivity index (χ2n) is 6.16. The lowest BCUT2D eigenvalue weighted by Gasteiger charge is -2.30. The van der Waals surface area contributed by atoms with Gasteiger partial charge in [0.2, 0.25) is 0 Å². The monoisotopic (exact) mass is 306 g/mol. The zero-order valence-corrected chi connectivity index (χ0v) is 13.4. The topological polar surface area (TPSA) is 67.9 Å². The molecule has 1 N–H and O–H groups in total. The Hall–Kier alpha value is -2.08. The summed E-state index contributed by atoms with van der Waals surface area (Å²) in [6.45, 7) is 8.25. The molecule has 0 bridgehead atoms. The lowest BCUT2D eigenvalue weighted by atomic mass is 9.86. The van der Waals surface area contributed by atoms with Crippen LogP contribution in [0.2, 0.25) is 0 Å². The Morgan fingerprint density at radius 3 is 2.77 bits per heavy atom. The fourth-order valence-electron chi connectivity index (χ4n) is 2.17. The normalized spacial score (nSPS) is 14.4. The summed E-state index contributed by atoms with van der Waals surface area (Å²) in [5.74, 6) is -0.00812. The molecule has 0 radical (unpaired) electrons. The third kappa shape index (κ3) is 3.57. The van der Waals surface area contributed by atoms with Gasteiger partial charge in [-0.15, -0.1) is 0 Å². The lowest BCUT2D eigenvalue weighted by Crippen LogP contribution is -2.45. The van der Waals surface area contributed by atoms with Gasteiger partial charge in [-0.05, 0) is 30.0 Å². The molecule has 1 aliphatic heterocycles. The van der Waals surface area contributed by atoms with Crippen LogP contribution in [0.4, 0.5) is 5.69 Å². The van der Waals surface area contributed by atoms with E-state index in [1.54, 1.807) is 6.92 Å². The number of benzene rings is 1. The van der Waals surface area contributed by atoms with Crippen molar-refractivity contribution in [1.82, 2.24) is 5.48 Å². The molecule has 1 heterocycles. The highest BCUT2D eigenvalue weighted by Gasteiger charge is 2.29. The first kappa shape index (κ1) is 16.3. The van der Waals surface area contributed by atoms with Crippen molar-refractivity contribution < 1.29 is 19.2 Å². The fraction of sp³-hybridized carbons (Fsp3) is 0.500. The minimum atomic E-state index is -0.371. The fourth-order valence-corrected chi connectivity index (χ4v) is 2.17. The largest absolute Gasteiger partial charge is 0.482 e. The van der Waals surface area contributed by atoms with Gasteiger partial charge in [-0.2, -0.15) is 0 Å². The number of carbonyl (C=O) groups excluding carboxylic acids is 2. The summed E-state index contributed by atoms with van der Waals surface area (Å²) in [6, 6.07) is 5.73. The number of nitrogens with zero attached hydrogens (tertiary/aromatic N) is 1. The predicted molar refractivity (Wildman–Crippen MR) is 82.8 cm³/mol. The van der Waals surface area contributed by atoms with Crippen molar-refractivity contribution in [2.24, 2.45) is 0 Å². The number of rotatable bonds is 4. The molecule has 120 valence electrons. The summed E-state index contributed by atoms with van der Waals surface area (Å²) in [6.07, 6.45) is 0. The van der Waals surface area contributed by atoms with Gasteiger partial charge in [0.25, 0.3) is 11.8 Å². The second-order valence-corrected chi connectivity index (χ2v) is 6.16. The first-order valence-electron chi connectivity index (χ1n) is 7.31. The molecule has 1 aromatic rings. The number of hydrogen-bond donors (Lipinski definition) is 1. The predicted octanol–water partition coefficient (Wildman–Crippen LogP) is 1.78. The highest BCUT2D eigenvalue weighted by Crippen LogP contribution is 2.36. The molecule has 1 aromatic carbocycles. The van der Waals surface area contributed by atoms with E-state index in [1.165, 1.54) is 4.90 Å². The molecule has 6 heteroatoms. The highest BCUT2D eigenvalue weighted by atomic mass is 16.6. The van der Waals surface area contributed by atoms with E-state index < -0.39 is 0 Å². The maximum absolute atomic E-state index is 12.1. The van der Waals surface area contributed by atoms with Gasteiger partial charge in [0.05, 0.1) is 12.3 Å². The molecule has 0 unspecified atom stereocenters. The number of hydroxylamine groups is 1. The molecule has 0 atom stereocenters. The number of amides is 2. The van der Waals surface area contributed by atoms with E-state index in [2.05, 4.69) is 26.3 Å². The lowest BCUT2D eigenvalue weighted by molar-refractivity contribution is -0.133. The molecule has 2 rings (SSSR count). The van der Waals surface area contributed by atoms with E-state index in [4.69, 9.17) is 9.57 Å². The van der Waals surface area contributed by atoms with Crippen molar-refractivity contribution in [2.75, 3.05) is 24.7 Å². The van der Waals surface area contributed by atoms with Crippen LogP contribution in [0.15, 0.2) is 18.2 Å². The highest BCUT2D eigenvalue weighted by molar-refractivity contribution is 6.02. The van der Waals surface area contributed by atoms with Crippen LogP contribution < -0.4 is 15.1 Å². The van der Waals surface area contributed by atoms with Gasteiger partial charge in [0, 0.05) is 0 Å². The molecule has 22 heavy (non-hydrogen) atoms. The molecule has 0 aliphatic carbocycles. The van der Waals surface area contributed by atoms with Crippen molar-refractivity contribution in [3.05, 3.63) is 23.8 Å². The summed E-state index contributed by atoms with van der Waals surface area (Å²) in [5, 5.41) is 0. The number of fused-ring (bicyclic) bond motifs is 1. The maximum atomic E-state index is 12.1. The smallest absolute Gasteiger partial charge is 0.265 e. The van der Waals surface area contributed by atoms with Crippen molar-refractivity contribution >= 4 is 17.5 Å². The molecule has 2 amide bonds. The average Bonchev–Trinajstić information content (AvgIpc) is 2.46. The molecule has 0 aromatic heterocycles. The van der Waals surface area contributed by atoms with Crippen molar-refractivity contribution in [3.63, 3.8) is 0 Å². The van der Waals surface area contributed by atoms with Gasteiger partial charge in [0.1, 0.15) is 12.3 Å². The number of anilines is 1. The summed E-state index contributed by atoms with van der Waals surface area (Å²) >= 11 is 0. The van der Waals surface area contributed by atoms with E-state index in [9.17, 15) is 9.59 Å². The van der Waals surface area contributed by atoms with E-state index >= 15 is 0 Å². The first-order chi connectivity index (χ1) is 10.3. The van der Waals surface area contributed by atoms with E-state index in [1.807, 2.05) is 18.2 Å². The minimum Gasteiger partial charge on any atom is -0.482 e. The van der Waals surface area contributed by atoms with Crippen LogP contribution in [-0.4, -0.2) is 31.6 Å². The van der Waals surface area contributed by atoms with E-state index in [0.717, 1.165) is 5.56 Å². The Balaban J connectivity index is 2.28. The zero-order valence-electron chi connectivity index (χ0n) is 13.4. The summed E-state index contributed by atoms with van der Waals surface area (Å²) < 4.78 is 5.44. The summed E-state index contributed by atoms with van der Waals surface area (Å²) in [5.41, 5.74) is 3.93. The second kappa shape index (κ2) is 6.36. The Morgan fingerprint density at radius 1 is 1.41 bits per heavy atom. The Kier molecular flexibility index (Phi) is 4.71. The number of nitrogens with one attached hydrogen (secondary N) is 1. The van der Waals surface area contributed by atoms with Crippen LogP contribution in [0.5, 0.6) is 5.75 Å².